The van der Waals surface area contributed by atoms with Crippen molar-refractivity contribution in [3.8, 4) is 11.5 Å². The van der Waals surface area contributed by atoms with Crippen molar-refractivity contribution < 1.29 is 23.7 Å². The number of aryl methyl sites for hydroxylation is 1. The Kier molecular flexibility index (Phi) is 14.4. The van der Waals surface area contributed by atoms with Gasteiger partial charge in [0.25, 0.3) is 0 Å². The smallest absolute Gasteiger partial charge is 0.308 e. The van der Waals surface area contributed by atoms with Gasteiger partial charge in [-0.25, -0.2) is 0 Å². The Bertz CT molecular complexity index is 1010. The number of benzene rings is 1. The van der Waals surface area contributed by atoms with Crippen molar-refractivity contribution in [2.24, 2.45) is 17.8 Å². The minimum absolute atomic E-state index is 0.114. The topological polar surface area (TPSA) is 54.0 Å². The fourth-order valence-electron chi connectivity index (χ4n) is 6.36. The first-order chi connectivity index (χ1) is 20.0. The van der Waals surface area contributed by atoms with Crippen molar-refractivity contribution in [2.75, 3.05) is 13.7 Å². The summed E-state index contributed by atoms with van der Waals surface area (Å²) in [7, 11) is 1.40. The van der Waals surface area contributed by atoms with Crippen LogP contribution in [0.25, 0.3) is 0 Å². The quantitative estimate of drug-likeness (QED) is 0.147. The lowest BCUT2D eigenvalue weighted by atomic mass is 9.84. The number of rotatable bonds is 19. The van der Waals surface area contributed by atoms with Crippen LogP contribution in [-0.4, -0.2) is 36.5 Å². The summed E-state index contributed by atoms with van der Waals surface area (Å²) in [6.45, 7) is 24.3. The molecule has 0 saturated carbocycles. The van der Waals surface area contributed by atoms with E-state index in [9.17, 15) is 4.79 Å². The summed E-state index contributed by atoms with van der Waals surface area (Å²) < 4.78 is 24.2. The van der Waals surface area contributed by atoms with Gasteiger partial charge in [-0.3, -0.25) is 4.79 Å². The molecule has 0 bridgehead atoms. The van der Waals surface area contributed by atoms with Crippen molar-refractivity contribution in [1.29, 1.82) is 0 Å². The number of methoxy groups -OCH3 is 1. The average molecular weight is 603 g/mol. The molecule has 0 radical (unpaired) electrons. The fourth-order valence-corrected chi connectivity index (χ4v) is 6.36. The van der Waals surface area contributed by atoms with Crippen LogP contribution in [-0.2, 0) is 20.7 Å². The molecule has 248 valence electrons. The molecule has 1 aliphatic rings. The van der Waals surface area contributed by atoms with E-state index in [0.29, 0.717) is 6.61 Å². The van der Waals surface area contributed by atoms with Crippen molar-refractivity contribution in [3.63, 3.8) is 0 Å². The third-order valence-electron chi connectivity index (χ3n) is 9.32. The Labute approximate surface area is 265 Å². The molecule has 3 atom stereocenters. The van der Waals surface area contributed by atoms with Gasteiger partial charge in [-0.1, -0.05) is 72.6 Å². The van der Waals surface area contributed by atoms with Gasteiger partial charge in [0.2, 0.25) is 0 Å². The normalized spacial score (nSPS) is 18.6. The lowest BCUT2D eigenvalue weighted by Gasteiger charge is -2.38. The molecule has 0 aliphatic carbocycles. The summed E-state index contributed by atoms with van der Waals surface area (Å²) >= 11 is 0. The van der Waals surface area contributed by atoms with Gasteiger partial charge in [-0.15, -0.1) is 0 Å². The fraction of sp³-hybridized carbons (Fsp3) is 0.816. The maximum atomic E-state index is 11.8. The largest absolute Gasteiger partial charge is 0.487 e. The molecule has 1 heterocycles. The number of fused-ring (bicyclic) bond motifs is 1. The van der Waals surface area contributed by atoms with Crippen LogP contribution < -0.4 is 9.47 Å². The summed E-state index contributed by atoms with van der Waals surface area (Å²) in [5.74, 6) is 4.13. The van der Waals surface area contributed by atoms with Crippen molar-refractivity contribution in [1.82, 2.24) is 0 Å². The Morgan fingerprint density at radius 1 is 0.930 bits per heavy atom. The predicted octanol–water partition coefficient (Wildman–Crippen LogP) is 10.3. The first-order valence-corrected chi connectivity index (χ1v) is 17.2. The molecule has 3 unspecified atom stereocenters. The highest BCUT2D eigenvalue weighted by Gasteiger charge is 2.34. The third-order valence-corrected chi connectivity index (χ3v) is 9.32. The van der Waals surface area contributed by atoms with Crippen LogP contribution in [0, 0.1) is 31.6 Å². The van der Waals surface area contributed by atoms with E-state index in [4.69, 9.17) is 18.9 Å². The molecular formula is C38H66O5. The molecule has 5 nitrogen and oxygen atoms in total. The molecule has 1 aromatic rings. The van der Waals surface area contributed by atoms with Crippen molar-refractivity contribution in [2.45, 2.75) is 170 Å². The van der Waals surface area contributed by atoms with E-state index in [0.717, 1.165) is 59.6 Å². The van der Waals surface area contributed by atoms with Gasteiger partial charge >= 0.3 is 5.97 Å². The van der Waals surface area contributed by atoms with E-state index in [-0.39, 0.29) is 18.0 Å². The number of carbonyl (C=O) groups excluding carboxylic acids is 1. The molecule has 43 heavy (non-hydrogen) atoms. The highest BCUT2D eigenvalue weighted by molar-refractivity contribution is 5.70. The van der Waals surface area contributed by atoms with Crippen LogP contribution in [0.2, 0.25) is 0 Å². The third kappa shape index (κ3) is 13.0. The van der Waals surface area contributed by atoms with Gasteiger partial charge in [0, 0.05) is 5.56 Å². The van der Waals surface area contributed by atoms with Gasteiger partial charge in [0.05, 0.1) is 25.7 Å². The maximum Gasteiger partial charge on any atom is 0.308 e. The number of esters is 1. The number of hydrogen-bond donors (Lipinski definition) is 0. The highest BCUT2D eigenvalue weighted by atomic mass is 16.6. The van der Waals surface area contributed by atoms with Crippen molar-refractivity contribution in [3.05, 3.63) is 22.8 Å². The van der Waals surface area contributed by atoms with Crippen LogP contribution in [0.3, 0.4) is 0 Å². The zero-order valence-corrected chi connectivity index (χ0v) is 30.0. The average Bonchev–Trinajstić information content (AvgIpc) is 2.89. The zero-order chi connectivity index (χ0) is 32.4. The first kappa shape index (κ1) is 37.4. The van der Waals surface area contributed by atoms with Gasteiger partial charge in [0.15, 0.2) is 0 Å². The minimum atomic E-state index is -0.630. The van der Waals surface area contributed by atoms with Crippen LogP contribution in [0.4, 0.5) is 0 Å². The van der Waals surface area contributed by atoms with Gasteiger partial charge < -0.3 is 18.9 Å². The summed E-state index contributed by atoms with van der Waals surface area (Å²) in [5, 5.41) is 0. The number of ether oxygens (including phenoxy) is 4. The molecule has 2 rings (SSSR count). The molecule has 1 aromatic carbocycles. The predicted molar refractivity (Wildman–Crippen MR) is 179 cm³/mol. The first-order valence-electron chi connectivity index (χ1n) is 17.2. The van der Waals surface area contributed by atoms with E-state index >= 15 is 0 Å². The Hall–Kier alpha value is -1.75. The van der Waals surface area contributed by atoms with Crippen LogP contribution in [0.15, 0.2) is 6.07 Å². The van der Waals surface area contributed by atoms with Crippen LogP contribution >= 0.6 is 0 Å². The number of hydrogen-bond acceptors (Lipinski definition) is 5. The lowest BCUT2D eigenvalue weighted by molar-refractivity contribution is -0.150. The molecule has 1 aliphatic heterocycles. The SMILES string of the molecule is COC(=O)CC(C)(C)OCC(C)(C)Oc1c(C)cc2c(c1C)CCC(C)(CCCC(C)CCCC(C)CCCC(C)C)O2. The summed E-state index contributed by atoms with van der Waals surface area (Å²) in [6.07, 6.45) is 14.1. The van der Waals surface area contributed by atoms with Gasteiger partial charge in [-0.2, -0.15) is 0 Å². The molecule has 0 spiro atoms. The summed E-state index contributed by atoms with van der Waals surface area (Å²) in [4.78, 5) is 11.8. The van der Waals surface area contributed by atoms with E-state index in [1.165, 1.54) is 64.0 Å². The summed E-state index contributed by atoms with van der Waals surface area (Å²) in [6, 6.07) is 2.16. The molecular weight excluding hydrogens is 536 g/mol. The molecule has 0 amide bonds. The van der Waals surface area contributed by atoms with E-state index in [1.54, 1.807) is 0 Å². The minimum Gasteiger partial charge on any atom is -0.487 e. The van der Waals surface area contributed by atoms with Gasteiger partial charge in [-0.05, 0) is 109 Å². The standard InChI is InChI=1S/C38H66O5/c1-27(2)16-13-17-28(3)18-14-19-29(4)20-15-22-38(11)23-21-32-31(6)35(30(5)24-33(32)42-38)43-37(9,10)26-41-36(7,8)25-34(39)40-12/h24,27-29H,13-23,25-26H2,1-12H3. The Balaban J connectivity index is 1.88. The van der Waals surface area contributed by atoms with E-state index in [2.05, 4.69) is 54.5 Å². The number of carbonyl (C=O) groups is 1. The highest BCUT2D eigenvalue weighted by Crippen LogP contribution is 2.43. The Morgan fingerprint density at radius 2 is 1.51 bits per heavy atom. The van der Waals surface area contributed by atoms with Crippen LogP contribution in [0.5, 0.6) is 11.5 Å². The molecule has 0 fully saturated rings. The maximum absolute atomic E-state index is 11.8. The van der Waals surface area contributed by atoms with Crippen LogP contribution in [0.1, 0.15) is 150 Å². The lowest BCUT2D eigenvalue weighted by Crippen LogP contribution is -2.40. The second kappa shape index (κ2) is 16.5. The molecule has 0 N–H and O–H groups in total. The summed E-state index contributed by atoms with van der Waals surface area (Å²) in [5.41, 5.74) is 2.19. The molecule has 5 heteroatoms. The van der Waals surface area contributed by atoms with E-state index in [1.807, 2.05) is 27.7 Å². The molecule has 0 saturated heterocycles. The Morgan fingerprint density at radius 3 is 2.09 bits per heavy atom. The monoisotopic (exact) mass is 602 g/mol. The van der Waals surface area contributed by atoms with Crippen molar-refractivity contribution >= 4 is 5.97 Å². The second-order valence-corrected chi connectivity index (χ2v) is 15.7. The van der Waals surface area contributed by atoms with E-state index < -0.39 is 11.2 Å². The van der Waals surface area contributed by atoms with Gasteiger partial charge in [0.1, 0.15) is 22.7 Å². The molecule has 0 aromatic heterocycles. The second-order valence-electron chi connectivity index (χ2n) is 15.7. The zero-order valence-electron chi connectivity index (χ0n) is 30.0.